The highest BCUT2D eigenvalue weighted by Crippen LogP contribution is 2.40. The summed E-state index contributed by atoms with van der Waals surface area (Å²) in [6.07, 6.45) is 4.79. The first-order valence-electron chi connectivity index (χ1n) is 16.2. The number of hydrogen-bond donors (Lipinski definition) is 0. The third-order valence-corrected chi connectivity index (χ3v) is 9.74. The molecule has 45 heavy (non-hydrogen) atoms. The lowest BCUT2D eigenvalue weighted by Crippen LogP contribution is -2.07. The molecule has 0 saturated heterocycles. The SMILES string of the molecule is c1ccc(-c2cc(-c3cccc(-n4c5c(c6ccc7ccccc7c64)CCCC5)c3)cc(-c3cccc4ccccc34)c2)cc1. The third kappa shape index (κ3) is 4.38. The summed E-state index contributed by atoms with van der Waals surface area (Å²) in [5, 5.41) is 6.59. The van der Waals surface area contributed by atoms with Crippen LogP contribution in [0.3, 0.4) is 0 Å². The van der Waals surface area contributed by atoms with Crippen LogP contribution in [0.25, 0.3) is 71.5 Å². The minimum atomic E-state index is 1.12. The van der Waals surface area contributed by atoms with Crippen LogP contribution < -0.4 is 0 Å². The minimum Gasteiger partial charge on any atom is -0.313 e. The molecule has 1 aromatic heterocycles. The Morgan fingerprint density at radius 3 is 1.91 bits per heavy atom. The van der Waals surface area contributed by atoms with Crippen LogP contribution in [-0.2, 0) is 12.8 Å². The fourth-order valence-corrected chi connectivity index (χ4v) is 7.63. The maximum atomic E-state index is 2.59. The molecule has 1 heterocycles. The average molecular weight is 576 g/mol. The number of rotatable bonds is 4. The van der Waals surface area contributed by atoms with Gasteiger partial charge in [0.2, 0.25) is 0 Å². The Hall–Kier alpha value is -5.40. The van der Waals surface area contributed by atoms with Crippen molar-refractivity contribution in [3.63, 3.8) is 0 Å². The van der Waals surface area contributed by atoms with E-state index in [9.17, 15) is 0 Å². The molecule has 0 saturated carbocycles. The van der Waals surface area contributed by atoms with E-state index in [0.717, 1.165) is 12.8 Å². The summed E-state index contributed by atoms with van der Waals surface area (Å²) in [4.78, 5) is 0. The van der Waals surface area contributed by atoms with Gasteiger partial charge in [0.15, 0.2) is 0 Å². The molecule has 0 aliphatic heterocycles. The summed E-state index contributed by atoms with van der Waals surface area (Å²) in [7, 11) is 0. The Labute approximate surface area is 264 Å². The standard InChI is InChI=1S/C44H33N/c1-2-12-30(13-3-1)34-26-35(28-36(27-34)39-22-11-16-31-14-4-6-19-38(31)39)33-17-10-18-37(29-33)45-43-23-9-8-21-41(43)42-25-24-32-15-5-7-20-40(32)44(42)45/h1-7,10-20,22,24-29H,8-9,21,23H2. The first kappa shape index (κ1) is 26.0. The molecule has 0 atom stereocenters. The molecule has 0 unspecified atom stereocenters. The fraction of sp³-hybridized carbons (Fsp3) is 0.0909. The van der Waals surface area contributed by atoms with Gasteiger partial charge >= 0.3 is 0 Å². The minimum absolute atomic E-state index is 1.12. The third-order valence-electron chi connectivity index (χ3n) is 9.74. The monoisotopic (exact) mass is 575 g/mol. The molecule has 1 aliphatic rings. The molecule has 8 aromatic rings. The number of fused-ring (bicyclic) bond motifs is 6. The number of hydrogen-bond acceptors (Lipinski definition) is 0. The van der Waals surface area contributed by atoms with Gasteiger partial charge in [0, 0.05) is 22.2 Å². The Morgan fingerprint density at radius 2 is 1.04 bits per heavy atom. The van der Waals surface area contributed by atoms with E-state index < -0.39 is 0 Å². The molecule has 1 aliphatic carbocycles. The van der Waals surface area contributed by atoms with E-state index in [4.69, 9.17) is 0 Å². The Bertz CT molecular complexity index is 2370. The largest absolute Gasteiger partial charge is 0.313 e. The Balaban J connectivity index is 1.28. The summed E-state index contributed by atoms with van der Waals surface area (Å²) in [5.41, 5.74) is 13.1. The molecular weight excluding hydrogens is 542 g/mol. The van der Waals surface area contributed by atoms with Crippen LogP contribution in [0.5, 0.6) is 0 Å². The van der Waals surface area contributed by atoms with Gasteiger partial charge in [0.05, 0.1) is 5.52 Å². The summed E-state index contributed by atoms with van der Waals surface area (Å²) in [5.74, 6) is 0. The van der Waals surface area contributed by atoms with Crippen molar-refractivity contribution < 1.29 is 0 Å². The van der Waals surface area contributed by atoms with Gasteiger partial charge in [-0.15, -0.1) is 0 Å². The molecule has 7 aromatic carbocycles. The number of aryl methyl sites for hydroxylation is 1. The second-order valence-electron chi connectivity index (χ2n) is 12.4. The van der Waals surface area contributed by atoms with Gasteiger partial charge in [0.1, 0.15) is 0 Å². The quantitative estimate of drug-likeness (QED) is 0.197. The fourth-order valence-electron chi connectivity index (χ4n) is 7.63. The van der Waals surface area contributed by atoms with Crippen molar-refractivity contribution in [3.8, 4) is 39.1 Å². The summed E-state index contributed by atoms with van der Waals surface area (Å²) >= 11 is 0. The van der Waals surface area contributed by atoms with Crippen molar-refractivity contribution in [3.05, 3.63) is 163 Å². The van der Waals surface area contributed by atoms with Gasteiger partial charge in [-0.2, -0.15) is 0 Å². The molecule has 0 fully saturated rings. The van der Waals surface area contributed by atoms with Gasteiger partial charge in [-0.3, -0.25) is 0 Å². The second kappa shape index (κ2) is 10.6. The van der Waals surface area contributed by atoms with E-state index in [2.05, 4.69) is 156 Å². The average Bonchev–Trinajstić information content (AvgIpc) is 3.47. The summed E-state index contributed by atoms with van der Waals surface area (Å²) in [6.45, 7) is 0. The number of benzene rings is 7. The molecule has 214 valence electrons. The zero-order chi connectivity index (χ0) is 29.7. The normalized spacial score (nSPS) is 13.0. The highest BCUT2D eigenvalue weighted by atomic mass is 15.0. The molecule has 1 nitrogen and oxygen atoms in total. The van der Waals surface area contributed by atoms with Gasteiger partial charge in [-0.25, -0.2) is 0 Å². The van der Waals surface area contributed by atoms with Crippen LogP contribution in [0, 0.1) is 0 Å². The topological polar surface area (TPSA) is 4.93 Å². The zero-order valence-electron chi connectivity index (χ0n) is 25.2. The number of nitrogens with zero attached hydrogens (tertiary/aromatic N) is 1. The predicted octanol–water partition coefficient (Wildman–Crippen LogP) is 11.8. The van der Waals surface area contributed by atoms with Crippen LogP contribution in [0.2, 0.25) is 0 Å². The maximum Gasteiger partial charge on any atom is 0.0612 e. The molecular formula is C44H33N. The van der Waals surface area contributed by atoms with Gasteiger partial charge in [0.25, 0.3) is 0 Å². The lowest BCUT2D eigenvalue weighted by molar-refractivity contribution is 0.667. The van der Waals surface area contributed by atoms with Gasteiger partial charge < -0.3 is 4.57 Å². The maximum absolute atomic E-state index is 2.59. The van der Waals surface area contributed by atoms with E-state index in [0.29, 0.717) is 0 Å². The summed E-state index contributed by atoms with van der Waals surface area (Å²) < 4.78 is 2.59. The zero-order valence-corrected chi connectivity index (χ0v) is 25.2. The predicted molar refractivity (Wildman–Crippen MR) is 191 cm³/mol. The van der Waals surface area contributed by atoms with Crippen molar-refractivity contribution in [2.75, 3.05) is 0 Å². The van der Waals surface area contributed by atoms with Crippen LogP contribution in [0.15, 0.2) is 152 Å². The van der Waals surface area contributed by atoms with Crippen molar-refractivity contribution in [2.45, 2.75) is 25.7 Å². The van der Waals surface area contributed by atoms with Crippen LogP contribution >= 0.6 is 0 Å². The van der Waals surface area contributed by atoms with E-state index in [1.54, 1.807) is 0 Å². The molecule has 0 radical (unpaired) electrons. The van der Waals surface area contributed by atoms with Crippen LogP contribution in [0.1, 0.15) is 24.1 Å². The lowest BCUT2D eigenvalue weighted by Gasteiger charge is -2.18. The highest BCUT2D eigenvalue weighted by molar-refractivity contribution is 6.08. The Kier molecular flexibility index (Phi) is 6.16. The molecule has 1 heteroatoms. The first-order chi connectivity index (χ1) is 22.3. The van der Waals surface area contributed by atoms with E-state index in [-0.39, 0.29) is 0 Å². The van der Waals surface area contributed by atoms with E-state index >= 15 is 0 Å². The van der Waals surface area contributed by atoms with Crippen LogP contribution in [-0.4, -0.2) is 4.57 Å². The van der Waals surface area contributed by atoms with Crippen molar-refractivity contribution in [1.82, 2.24) is 4.57 Å². The van der Waals surface area contributed by atoms with Crippen molar-refractivity contribution in [2.24, 2.45) is 0 Å². The number of aromatic nitrogens is 1. The molecule has 0 amide bonds. The second-order valence-corrected chi connectivity index (χ2v) is 12.4. The summed E-state index contributed by atoms with van der Waals surface area (Å²) in [6, 6.07) is 56.0. The van der Waals surface area contributed by atoms with Gasteiger partial charge in [-0.1, -0.05) is 121 Å². The van der Waals surface area contributed by atoms with Crippen LogP contribution in [0.4, 0.5) is 0 Å². The van der Waals surface area contributed by atoms with E-state index in [1.165, 1.54) is 95.6 Å². The smallest absolute Gasteiger partial charge is 0.0612 e. The molecule has 0 bridgehead atoms. The lowest BCUT2D eigenvalue weighted by atomic mass is 9.91. The molecule has 0 spiro atoms. The van der Waals surface area contributed by atoms with Crippen molar-refractivity contribution >= 4 is 32.4 Å². The molecule has 9 rings (SSSR count). The first-order valence-corrected chi connectivity index (χ1v) is 16.2. The van der Waals surface area contributed by atoms with Crippen molar-refractivity contribution in [1.29, 1.82) is 0 Å². The molecule has 0 N–H and O–H groups in total. The Morgan fingerprint density at radius 1 is 0.400 bits per heavy atom. The van der Waals surface area contributed by atoms with E-state index in [1.807, 2.05) is 0 Å². The highest BCUT2D eigenvalue weighted by Gasteiger charge is 2.22. The van der Waals surface area contributed by atoms with Gasteiger partial charge in [-0.05, 0) is 111 Å².